The number of hydrogen-bond donors (Lipinski definition) is 0. The minimum absolute atomic E-state index is 0.201. The molecule has 1 aromatic heterocycles. The third-order valence-corrected chi connectivity index (χ3v) is 4.58. The van der Waals surface area contributed by atoms with Crippen molar-refractivity contribution in [2.24, 2.45) is 7.05 Å². The van der Waals surface area contributed by atoms with Crippen LogP contribution < -0.4 is 0 Å². The van der Waals surface area contributed by atoms with Gasteiger partial charge in [-0.2, -0.15) is 5.10 Å². The van der Waals surface area contributed by atoms with Crippen LogP contribution in [0.5, 0.6) is 0 Å². The third-order valence-electron chi connectivity index (χ3n) is 3.81. The number of hydrazine groups is 1. The molecule has 2 rings (SSSR count). The van der Waals surface area contributed by atoms with Gasteiger partial charge in [0.1, 0.15) is 11.4 Å². The Morgan fingerprint density at radius 2 is 1.79 bits per heavy atom. The molecule has 0 radical (unpaired) electrons. The summed E-state index contributed by atoms with van der Waals surface area (Å²) < 4.78 is 24.2. The molecule has 0 bridgehead atoms. The van der Waals surface area contributed by atoms with Crippen molar-refractivity contribution >= 4 is 21.7 Å². The average molecular weight is 356 g/mol. The lowest BCUT2D eigenvalue weighted by Gasteiger charge is -2.27. The van der Waals surface area contributed by atoms with E-state index < -0.39 is 21.5 Å². The van der Waals surface area contributed by atoms with Crippen molar-refractivity contribution in [2.45, 2.75) is 32.6 Å². The highest BCUT2D eigenvalue weighted by atomic mass is 32.2. The van der Waals surface area contributed by atoms with Gasteiger partial charge in [-0.1, -0.05) is 20.8 Å². The molecule has 1 aliphatic rings. The van der Waals surface area contributed by atoms with Crippen LogP contribution in [0.2, 0.25) is 0 Å². The summed E-state index contributed by atoms with van der Waals surface area (Å²) in [5, 5.41) is 6.92. The highest BCUT2D eigenvalue weighted by molar-refractivity contribution is 7.91. The molecule has 0 unspecified atom stereocenters. The highest BCUT2D eigenvalue weighted by Gasteiger charge is 2.34. The Morgan fingerprint density at radius 3 is 2.29 bits per heavy atom. The number of amides is 2. The maximum atomic E-state index is 12.8. The van der Waals surface area contributed by atoms with E-state index in [0.717, 1.165) is 11.9 Å². The van der Waals surface area contributed by atoms with E-state index in [1.54, 1.807) is 13.1 Å². The Kier molecular flexibility index (Phi) is 4.76. The fourth-order valence-corrected chi connectivity index (χ4v) is 3.14. The van der Waals surface area contributed by atoms with Crippen molar-refractivity contribution in [1.82, 2.24) is 19.8 Å². The van der Waals surface area contributed by atoms with Gasteiger partial charge in [-0.05, 0) is 12.5 Å². The summed E-state index contributed by atoms with van der Waals surface area (Å²) in [6.45, 7) is 6.72. The van der Waals surface area contributed by atoms with E-state index in [9.17, 15) is 18.0 Å². The molecule has 1 fully saturated rings. The van der Waals surface area contributed by atoms with Gasteiger partial charge < -0.3 is 0 Å². The summed E-state index contributed by atoms with van der Waals surface area (Å²) in [6.07, 6.45) is 1.62. The zero-order chi connectivity index (χ0) is 18.3. The third kappa shape index (κ3) is 3.95. The molecule has 0 aromatic carbocycles. The molecule has 24 heavy (non-hydrogen) atoms. The summed E-state index contributed by atoms with van der Waals surface area (Å²) in [5.74, 6) is -1.53. The quantitative estimate of drug-likeness (QED) is 0.779. The second-order valence-corrected chi connectivity index (χ2v) is 9.30. The molecular formula is C15H24N4O4S. The molecule has 9 heteroatoms. The first-order chi connectivity index (χ1) is 10.9. The Bertz CT molecular complexity index is 761. The monoisotopic (exact) mass is 356 g/mol. The second-order valence-electron chi connectivity index (χ2n) is 7.16. The molecule has 0 N–H and O–H groups in total. The normalized spacial score (nSPS) is 15.9. The van der Waals surface area contributed by atoms with Crippen molar-refractivity contribution in [3.8, 4) is 0 Å². The predicted molar refractivity (Wildman–Crippen MR) is 89.0 cm³/mol. The maximum absolute atomic E-state index is 12.8. The lowest BCUT2D eigenvalue weighted by molar-refractivity contribution is -0.137. The minimum atomic E-state index is -3.44. The summed E-state index contributed by atoms with van der Waals surface area (Å²) in [7, 11) is -1.76. The van der Waals surface area contributed by atoms with Gasteiger partial charge in [0, 0.05) is 31.8 Å². The number of carbonyl (C=O) groups is 2. The van der Waals surface area contributed by atoms with Crippen molar-refractivity contribution in [3.05, 3.63) is 17.5 Å². The summed E-state index contributed by atoms with van der Waals surface area (Å²) in [5.41, 5.74) is 0.952. The van der Waals surface area contributed by atoms with Crippen molar-refractivity contribution in [1.29, 1.82) is 0 Å². The molecule has 1 aromatic rings. The Morgan fingerprint density at radius 1 is 1.21 bits per heavy atom. The van der Waals surface area contributed by atoms with E-state index >= 15 is 0 Å². The van der Waals surface area contributed by atoms with Crippen molar-refractivity contribution in [2.75, 3.05) is 25.1 Å². The van der Waals surface area contributed by atoms with Crippen LogP contribution in [0.15, 0.2) is 6.07 Å². The largest absolute Gasteiger partial charge is 0.290 e. The number of nitrogens with zero attached hydrogens (tertiary/aromatic N) is 4. The minimum Gasteiger partial charge on any atom is -0.272 e. The highest BCUT2D eigenvalue weighted by Crippen LogP contribution is 2.23. The average Bonchev–Trinajstić information content (AvgIpc) is 3.01. The maximum Gasteiger partial charge on any atom is 0.290 e. The van der Waals surface area contributed by atoms with Crippen molar-refractivity contribution < 1.29 is 18.0 Å². The molecule has 1 aliphatic heterocycles. The fourth-order valence-electron chi connectivity index (χ4n) is 2.55. The SMILES string of the molecule is Cn1nc(C(C)(C)C)cc1C(=O)N1CCCN1C(=O)CS(C)(=O)=O. The van der Waals surface area contributed by atoms with E-state index in [1.807, 2.05) is 20.8 Å². The Balaban J connectivity index is 2.26. The molecule has 0 aliphatic carbocycles. The first-order valence-corrected chi connectivity index (χ1v) is 9.80. The van der Waals surface area contributed by atoms with Crippen LogP contribution in [-0.4, -0.2) is 65.1 Å². The molecule has 8 nitrogen and oxygen atoms in total. The van der Waals surface area contributed by atoms with Gasteiger partial charge in [-0.25, -0.2) is 13.4 Å². The zero-order valence-corrected chi connectivity index (χ0v) is 15.6. The van der Waals surface area contributed by atoms with Crippen LogP contribution in [-0.2, 0) is 27.1 Å². The molecule has 1 saturated heterocycles. The molecule has 134 valence electrons. The lowest BCUT2D eigenvalue weighted by atomic mass is 9.92. The van der Waals surface area contributed by atoms with Crippen LogP contribution in [0.25, 0.3) is 0 Å². The van der Waals surface area contributed by atoms with Crippen LogP contribution >= 0.6 is 0 Å². The number of carbonyl (C=O) groups excluding carboxylic acids is 2. The van der Waals surface area contributed by atoms with Crippen molar-refractivity contribution in [3.63, 3.8) is 0 Å². The fraction of sp³-hybridized carbons (Fsp3) is 0.667. The number of rotatable bonds is 3. The van der Waals surface area contributed by atoms with Gasteiger partial charge >= 0.3 is 0 Å². The molecule has 2 heterocycles. The first kappa shape index (κ1) is 18.4. The van der Waals surface area contributed by atoms with E-state index in [0.29, 0.717) is 25.2 Å². The number of aryl methyl sites for hydroxylation is 1. The second kappa shape index (κ2) is 6.19. The van der Waals surface area contributed by atoms with Gasteiger partial charge in [0.15, 0.2) is 9.84 Å². The van der Waals surface area contributed by atoms with Crippen LogP contribution in [0, 0.1) is 0 Å². The van der Waals surface area contributed by atoms with Crippen LogP contribution in [0.3, 0.4) is 0 Å². The molecule has 2 amide bonds. The van der Waals surface area contributed by atoms with Gasteiger partial charge in [-0.3, -0.25) is 19.3 Å². The van der Waals surface area contributed by atoms with Crippen LogP contribution in [0.4, 0.5) is 0 Å². The Hall–Kier alpha value is -1.90. The topological polar surface area (TPSA) is 92.6 Å². The molecule has 0 spiro atoms. The number of aromatic nitrogens is 2. The van der Waals surface area contributed by atoms with Gasteiger partial charge in [-0.15, -0.1) is 0 Å². The predicted octanol–water partition coefficient (Wildman–Crippen LogP) is 0.352. The number of hydrogen-bond acceptors (Lipinski definition) is 5. The van der Waals surface area contributed by atoms with Crippen LogP contribution in [0.1, 0.15) is 43.4 Å². The molecule has 0 atom stereocenters. The smallest absolute Gasteiger partial charge is 0.272 e. The van der Waals surface area contributed by atoms with Gasteiger partial charge in [0.05, 0.1) is 5.69 Å². The molecular weight excluding hydrogens is 332 g/mol. The Labute approximate surface area is 142 Å². The standard InChI is InChI=1S/C15H24N4O4S/c1-15(2,3)12-9-11(17(4)16-12)14(21)19-8-6-7-18(19)13(20)10-24(5,22)23/h9H,6-8,10H2,1-5H3. The van der Waals surface area contributed by atoms with Gasteiger partial charge in [0.25, 0.3) is 11.8 Å². The van der Waals surface area contributed by atoms with E-state index in [-0.39, 0.29) is 11.3 Å². The van der Waals surface area contributed by atoms with E-state index in [1.165, 1.54) is 14.7 Å². The van der Waals surface area contributed by atoms with E-state index in [4.69, 9.17) is 0 Å². The van der Waals surface area contributed by atoms with Gasteiger partial charge in [0.2, 0.25) is 0 Å². The molecule has 0 saturated carbocycles. The lowest BCUT2D eigenvalue weighted by Crippen LogP contribution is -2.47. The zero-order valence-electron chi connectivity index (χ0n) is 14.7. The summed E-state index contributed by atoms with van der Waals surface area (Å²) >= 11 is 0. The summed E-state index contributed by atoms with van der Waals surface area (Å²) in [4.78, 5) is 25.0. The van der Waals surface area contributed by atoms with E-state index in [2.05, 4.69) is 5.10 Å². The number of sulfone groups is 1. The first-order valence-electron chi connectivity index (χ1n) is 7.74. The summed E-state index contributed by atoms with van der Waals surface area (Å²) in [6, 6.07) is 1.72.